The Morgan fingerprint density at radius 2 is 1.95 bits per heavy atom. The monoisotopic (exact) mass is 281 g/mol. The van der Waals surface area contributed by atoms with E-state index in [2.05, 4.69) is 0 Å². The first-order chi connectivity index (χ1) is 8.99. The predicted octanol–water partition coefficient (Wildman–Crippen LogP) is 1.18. The first kappa shape index (κ1) is 12.3. The van der Waals surface area contributed by atoms with E-state index < -0.39 is 30.0 Å². The number of anilines is 1. The van der Waals surface area contributed by atoms with Gasteiger partial charge < -0.3 is 9.84 Å². The molecule has 1 N–H and O–H groups in total. The highest BCUT2D eigenvalue weighted by Crippen LogP contribution is 2.37. The number of fused-ring (bicyclic) bond motifs is 2. The van der Waals surface area contributed by atoms with Crippen LogP contribution in [0, 0.1) is 6.92 Å². The summed E-state index contributed by atoms with van der Waals surface area (Å²) in [6.07, 6.45) is -0.213. The lowest BCUT2D eigenvalue weighted by atomic mass is 10.2. The second kappa shape index (κ2) is 4.14. The average Bonchev–Trinajstić information content (AvgIpc) is 2.93. The van der Waals surface area contributed by atoms with Gasteiger partial charge in [-0.3, -0.25) is 9.59 Å². The highest BCUT2D eigenvalue weighted by atomic mass is 32.1. The summed E-state index contributed by atoms with van der Waals surface area (Å²) in [5.74, 6) is -2.05. The van der Waals surface area contributed by atoms with E-state index in [1.165, 1.54) is 6.07 Å². The van der Waals surface area contributed by atoms with Gasteiger partial charge in [0.2, 0.25) is 0 Å². The minimum absolute atomic E-state index is 0.00880. The van der Waals surface area contributed by atoms with Crippen molar-refractivity contribution < 1.29 is 24.2 Å². The number of amides is 2. The Bertz CT molecular complexity index is 571. The second-order valence-corrected chi connectivity index (χ2v) is 5.82. The van der Waals surface area contributed by atoms with Gasteiger partial charge >= 0.3 is 5.97 Å². The van der Waals surface area contributed by atoms with Gasteiger partial charge in [-0.15, -0.1) is 11.3 Å². The summed E-state index contributed by atoms with van der Waals surface area (Å²) in [5.41, 5.74) is -0.00880. The highest BCUT2D eigenvalue weighted by molar-refractivity contribution is 7.17. The van der Waals surface area contributed by atoms with Gasteiger partial charge in [0.05, 0.1) is 5.56 Å². The molecule has 0 saturated carbocycles. The van der Waals surface area contributed by atoms with Gasteiger partial charge in [-0.05, 0) is 25.8 Å². The molecule has 2 unspecified atom stereocenters. The number of thiophene rings is 1. The fourth-order valence-corrected chi connectivity index (χ4v) is 3.43. The lowest BCUT2D eigenvalue weighted by Gasteiger charge is -2.29. The molecule has 2 saturated heterocycles. The largest absolute Gasteiger partial charge is 0.478 e. The van der Waals surface area contributed by atoms with Crippen LogP contribution in [0.25, 0.3) is 0 Å². The molecule has 2 amide bonds. The van der Waals surface area contributed by atoms with Crippen molar-refractivity contribution in [2.75, 3.05) is 4.90 Å². The molecular weight excluding hydrogens is 270 g/mol. The summed E-state index contributed by atoms with van der Waals surface area (Å²) in [7, 11) is 0. The molecule has 0 aromatic carbocycles. The van der Waals surface area contributed by atoms with Gasteiger partial charge in [0.15, 0.2) is 0 Å². The molecule has 3 rings (SSSR count). The standard InChI is InChI=1S/C12H11NO5S/c1-5-4-6(12(16)17)11(19-5)13-9(14)7-2-3-8(18-7)10(13)15/h4,7-8H,2-3H2,1H3,(H,16,17). The van der Waals surface area contributed by atoms with E-state index in [-0.39, 0.29) is 10.6 Å². The molecule has 100 valence electrons. The van der Waals surface area contributed by atoms with Crippen LogP contribution >= 0.6 is 11.3 Å². The number of aromatic carboxylic acids is 1. The van der Waals surface area contributed by atoms with Gasteiger partial charge in [0.25, 0.3) is 11.8 Å². The smallest absolute Gasteiger partial charge is 0.338 e. The zero-order chi connectivity index (χ0) is 13.7. The van der Waals surface area contributed by atoms with Crippen LogP contribution in [0.1, 0.15) is 28.1 Å². The van der Waals surface area contributed by atoms with Crippen molar-refractivity contribution in [1.82, 2.24) is 0 Å². The Balaban J connectivity index is 2.08. The molecule has 0 spiro atoms. The molecule has 2 aliphatic heterocycles. The summed E-state index contributed by atoms with van der Waals surface area (Å²) >= 11 is 1.14. The van der Waals surface area contributed by atoms with Crippen molar-refractivity contribution in [3.8, 4) is 0 Å². The van der Waals surface area contributed by atoms with Gasteiger partial charge in [0, 0.05) is 4.88 Å². The van der Waals surface area contributed by atoms with Crippen LogP contribution < -0.4 is 4.90 Å². The maximum atomic E-state index is 12.2. The number of carboxylic acids is 1. The Hall–Kier alpha value is -1.73. The summed E-state index contributed by atoms with van der Waals surface area (Å²) in [6.45, 7) is 1.74. The number of carbonyl (C=O) groups excluding carboxylic acids is 2. The van der Waals surface area contributed by atoms with Crippen molar-refractivity contribution in [3.05, 3.63) is 16.5 Å². The minimum atomic E-state index is -1.14. The highest BCUT2D eigenvalue weighted by Gasteiger charge is 2.48. The van der Waals surface area contributed by atoms with Crippen molar-refractivity contribution in [1.29, 1.82) is 0 Å². The third kappa shape index (κ3) is 1.77. The minimum Gasteiger partial charge on any atom is -0.478 e. The van der Waals surface area contributed by atoms with Crippen molar-refractivity contribution in [2.24, 2.45) is 0 Å². The van der Waals surface area contributed by atoms with Crippen LogP contribution in [0.5, 0.6) is 0 Å². The third-order valence-corrected chi connectivity index (χ3v) is 4.32. The molecule has 19 heavy (non-hydrogen) atoms. The molecule has 7 heteroatoms. The average molecular weight is 281 g/mol. The Morgan fingerprint density at radius 1 is 1.37 bits per heavy atom. The topological polar surface area (TPSA) is 83.9 Å². The molecule has 2 fully saturated rings. The first-order valence-corrected chi connectivity index (χ1v) is 6.67. The van der Waals surface area contributed by atoms with E-state index in [1.807, 2.05) is 0 Å². The lowest BCUT2D eigenvalue weighted by molar-refractivity contribution is -0.146. The Labute approximate surface area is 112 Å². The number of hydrogen-bond donors (Lipinski definition) is 1. The summed E-state index contributed by atoms with van der Waals surface area (Å²) < 4.78 is 5.30. The number of morpholine rings is 1. The molecule has 6 nitrogen and oxygen atoms in total. The number of aryl methyl sites for hydroxylation is 1. The Morgan fingerprint density at radius 3 is 2.47 bits per heavy atom. The number of hydrogen-bond acceptors (Lipinski definition) is 5. The van der Waals surface area contributed by atoms with Crippen LogP contribution in [0.15, 0.2) is 6.07 Å². The van der Waals surface area contributed by atoms with E-state index in [0.29, 0.717) is 12.8 Å². The van der Waals surface area contributed by atoms with Gasteiger partial charge in [-0.2, -0.15) is 0 Å². The fraction of sp³-hybridized carbons (Fsp3) is 0.417. The maximum absolute atomic E-state index is 12.2. The second-order valence-electron chi connectivity index (χ2n) is 4.58. The number of carboxylic acid groups (broad SMARTS) is 1. The van der Waals surface area contributed by atoms with E-state index >= 15 is 0 Å². The van der Waals surface area contributed by atoms with Gasteiger partial charge in [0.1, 0.15) is 17.2 Å². The fourth-order valence-electron chi connectivity index (χ4n) is 2.42. The van der Waals surface area contributed by atoms with Crippen LogP contribution in [0.2, 0.25) is 0 Å². The van der Waals surface area contributed by atoms with E-state index in [1.54, 1.807) is 6.92 Å². The number of ether oxygens (including phenoxy) is 1. The zero-order valence-corrected chi connectivity index (χ0v) is 10.9. The molecule has 3 heterocycles. The molecule has 2 aliphatic rings. The molecule has 2 atom stereocenters. The van der Waals surface area contributed by atoms with E-state index in [4.69, 9.17) is 9.84 Å². The van der Waals surface area contributed by atoms with Crippen LogP contribution in [0.3, 0.4) is 0 Å². The quantitative estimate of drug-likeness (QED) is 0.823. The van der Waals surface area contributed by atoms with Crippen molar-refractivity contribution in [2.45, 2.75) is 32.0 Å². The predicted molar refractivity (Wildman–Crippen MR) is 66.4 cm³/mol. The van der Waals surface area contributed by atoms with Gasteiger partial charge in [-0.1, -0.05) is 0 Å². The van der Waals surface area contributed by atoms with Crippen LogP contribution in [-0.4, -0.2) is 35.1 Å². The molecule has 1 aromatic heterocycles. The molecule has 0 aliphatic carbocycles. The Kier molecular flexibility index (Phi) is 2.68. The van der Waals surface area contributed by atoms with E-state index in [9.17, 15) is 14.4 Å². The van der Waals surface area contributed by atoms with Crippen LogP contribution in [0.4, 0.5) is 5.00 Å². The molecule has 0 radical (unpaired) electrons. The lowest BCUT2D eigenvalue weighted by Crippen LogP contribution is -2.52. The summed E-state index contributed by atoms with van der Waals surface area (Å²) in [5, 5.41) is 9.35. The number of imide groups is 1. The normalized spacial score (nSPS) is 26.1. The zero-order valence-electron chi connectivity index (χ0n) is 10.1. The molecular formula is C12H11NO5S. The number of nitrogens with zero attached hydrogens (tertiary/aromatic N) is 1. The third-order valence-electron chi connectivity index (χ3n) is 3.28. The van der Waals surface area contributed by atoms with E-state index in [0.717, 1.165) is 21.1 Å². The van der Waals surface area contributed by atoms with Gasteiger partial charge in [-0.25, -0.2) is 9.69 Å². The molecule has 1 aromatic rings. The molecule has 2 bridgehead atoms. The van der Waals surface area contributed by atoms with Crippen molar-refractivity contribution in [3.63, 3.8) is 0 Å². The van der Waals surface area contributed by atoms with Crippen molar-refractivity contribution >= 4 is 34.1 Å². The maximum Gasteiger partial charge on any atom is 0.338 e. The van der Waals surface area contributed by atoms with Crippen LogP contribution in [-0.2, 0) is 14.3 Å². The summed E-state index contributed by atoms with van der Waals surface area (Å²) in [4.78, 5) is 37.3. The first-order valence-electron chi connectivity index (χ1n) is 5.86. The summed E-state index contributed by atoms with van der Waals surface area (Å²) in [6, 6.07) is 1.47. The number of rotatable bonds is 2. The SMILES string of the molecule is Cc1cc(C(=O)O)c(N2C(=O)C3CCC(O3)C2=O)s1. The number of carbonyl (C=O) groups is 3.